The minimum absolute atomic E-state index is 0.145. The van der Waals surface area contributed by atoms with E-state index in [4.69, 9.17) is 9.31 Å². The molecule has 118 valence electrons. The maximum absolute atomic E-state index is 11.1. The molecule has 4 nitrogen and oxygen atoms in total. The first-order valence-electron chi connectivity index (χ1n) is 7.60. The highest BCUT2D eigenvalue weighted by molar-refractivity contribution is 6.62. The van der Waals surface area contributed by atoms with E-state index in [1.54, 1.807) is 0 Å². The Kier molecular flexibility index (Phi) is 4.78. The summed E-state index contributed by atoms with van der Waals surface area (Å²) in [4.78, 5) is 11.1. The quantitative estimate of drug-likeness (QED) is 0.667. The maximum atomic E-state index is 11.1. The number of hydrogen-bond acceptors (Lipinski definition) is 3. The van der Waals surface area contributed by atoms with Gasteiger partial charge in [0.15, 0.2) is 0 Å². The fraction of sp³-hybridized carbons (Fsp3) is 0.471. The van der Waals surface area contributed by atoms with E-state index in [2.05, 4.69) is 11.9 Å². The molecule has 1 aromatic rings. The molecule has 0 aliphatic carbocycles. The van der Waals surface area contributed by atoms with E-state index >= 15 is 0 Å². The second-order valence-corrected chi connectivity index (χ2v) is 6.57. The predicted octanol–water partition coefficient (Wildman–Crippen LogP) is 1.83. The molecule has 5 heteroatoms. The Labute approximate surface area is 133 Å². The van der Waals surface area contributed by atoms with Crippen molar-refractivity contribution in [1.82, 2.24) is 5.32 Å². The van der Waals surface area contributed by atoms with Crippen LogP contribution >= 0.6 is 0 Å². The molecule has 0 spiro atoms. The number of amides is 1. The van der Waals surface area contributed by atoms with Gasteiger partial charge in [0.25, 0.3) is 0 Å². The molecule has 1 amide bonds. The fourth-order valence-electron chi connectivity index (χ4n) is 2.22. The van der Waals surface area contributed by atoms with Crippen molar-refractivity contribution in [3.8, 4) is 0 Å². The average Bonchev–Trinajstić information content (AvgIpc) is 2.68. The van der Waals surface area contributed by atoms with Crippen LogP contribution in [0.5, 0.6) is 0 Å². The number of carbonyl (C=O) groups excluding carboxylic acids is 1. The van der Waals surface area contributed by atoms with Crippen LogP contribution in [0.25, 0.3) is 0 Å². The van der Waals surface area contributed by atoms with Gasteiger partial charge in [-0.25, -0.2) is 0 Å². The van der Waals surface area contributed by atoms with Crippen LogP contribution in [0.2, 0.25) is 0 Å². The number of hydrogen-bond donors (Lipinski definition) is 1. The summed E-state index contributed by atoms with van der Waals surface area (Å²) in [6.45, 7) is 12.2. The minimum atomic E-state index is -0.334. The second-order valence-electron chi connectivity index (χ2n) is 6.57. The SMILES string of the molecule is C=CC(=O)NCCc1ccc(B2OC(C)(C)C(C)(C)O2)cc1. The average molecular weight is 301 g/mol. The molecule has 0 radical (unpaired) electrons. The standard InChI is InChI=1S/C17H24BNO3/c1-6-15(20)19-12-11-13-7-9-14(10-8-13)18-21-16(2,3)17(4,5)22-18/h6-10H,1,11-12H2,2-5H3,(H,19,20). The first kappa shape index (κ1) is 16.8. The third-order valence-corrected chi connectivity index (χ3v) is 4.40. The smallest absolute Gasteiger partial charge is 0.399 e. The zero-order chi connectivity index (χ0) is 16.4. The van der Waals surface area contributed by atoms with Crippen molar-refractivity contribution in [2.24, 2.45) is 0 Å². The van der Waals surface area contributed by atoms with Crippen molar-refractivity contribution in [3.63, 3.8) is 0 Å². The molecule has 0 aromatic heterocycles. The lowest BCUT2D eigenvalue weighted by Gasteiger charge is -2.32. The Morgan fingerprint density at radius 1 is 1.18 bits per heavy atom. The van der Waals surface area contributed by atoms with E-state index in [1.165, 1.54) is 6.08 Å². The van der Waals surface area contributed by atoms with Crippen LogP contribution in [-0.4, -0.2) is 30.8 Å². The van der Waals surface area contributed by atoms with Crippen molar-refractivity contribution in [2.75, 3.05) is 6.54 Å². The van der Waals surface area contributed by atoms with Gasteiger partial charge in [-0.2, -0.15) is 0 Å². The van der Waals surface area contributed by atoms with Gasteiger partial charge < -0.3 is 14.6 Å². The number of benzene rings is 1. The van der Waals surface area contributed by atoms with Gasteiger partial charge in [-0.3, -0.25) is 4.79 Å². The molecule has 1 fully saturated rings. The molecule has 22 heavy (non-hydrogen) atoms. The summed E-state index contributed by atoms with van der Waals surface area (Å²) in [5.41, 5.74) is 1.51. The number of nitrogens with one attached hydrogen (secondary N) is 1. The molecule has 1 N–H and O–H groups in total. The zero-order valence-electron chi connectivity index (χ0n) is 13.8. The molecule has 0 bridgehead atoms. The Bertz CT molecular complexity index is 536. The van der Waals surface area contributed by atoms with Gasteiger partial charge in [0.05, 0.1) is 11.2 Å². The van der Waals surface area contributed by atoms with Crippen LogP contribution in [0.4, 0.5) is 0 Å². The topological polar surface area (TPSA) is 47.6 Å². The minimum Gasteiger partial charge on any atom is -0.399 e. The van der Waals surface area contributed by atoms with E-state index in [-0.39, 0.29) is 24.2 Å². The van der Waals surface area contributed by atoms with Crippen LogP contribution in [0.3, 0.4) is 0 Å². The highest BCUT2D eigenvalue weighted by Gasteiger charge is 2.51. The first-order valence-corrected chi connectivity index (χ1v) is 7.60. The van der Waals surface area contributed by atoms with E-state index in [0.29, 0.717) is 6.54 Å². The summed E-state index contributed by atoms with van der Waals surface area (Å²) in [5.74, 6) is -0.145. The van der Waals surface area contributed by atoms with Gasteiger partial charge >= 0.3 is 7.12 Å². The van der Waals surface area contributed by atoms with Gasteiger partial charge in [-0.15, -0.1) is 0 Å². The lowest BCUT2D eigenvalue weighted by atomic mass is 9.79. The molecule has 1 aliphatic heterocycles. The molecule has 1 aliphatic rings. The predicted molar refractivity (Wildman–Crippen MR) is 89.1 cm³/mol. The lowest BCUT2D eigenvalue weighted by Crippen LogP contribution is -2.41. The largest absolute Gasteiger partial charge is 0.494 e. The number of rotatable bonds is 5. The Morgan fingerprint density at radius 3 is 2.23 bits per heavy atom. The second kappa shape index (κ2) is 6.27. The highest BCUT2D eigenvalue weighted by Crippen LogP contribution is 2.36. The van der Waals surface area contributed by atoms with Crippen molar-refractivity contribution < 1.29 is 14.1 Å². The van der Waals surface area contributed by atoms with Crippen molar-refractivity contribution in [3.05, 3.63) is 42.5 Å². The summed E-state index contributed by atoms with van der Waals surface area (Å²) in [5, 5.41) is 2.77. The van der Waals surface area contributed by atoms with Crippen LogP contribution in [-0.2, 0) is 20.5 Å². The lowest BCUT2D eigenvalue weighted by molar-refractivity contribution is -0.116. The normalized spacial score (nSPS) is 19.0. The van der Waals surface area contributed by atoms with Crippen molar-refractivity contribution in [1.29, 1.82) is 0 Å². The summed E-state index contributed by atoms with van der Waals surface area (Å²) in [6, 6.07) is 8.13. The van der Waals surface area contributed by atoms with Crippen LogP contribution < -0.4 is 10.8 Å². The molecular formula is C17H24BNO3. The zero-order valence-corrected chi connectivity index (χ0v) is 13.8. The first-order chi connectivity index (χ1) is 10.2. The van der Waals surface area contributed by atoms with E-state index in [1.807, 2.05) is 52.0 Å². The molecule has 1 saturated heterocycles. The molecule has 1 heterocycles. The van der Waals surface area contributed by atoms with E-state index < -0.39 is 0 Å². The molecule has 2 rings (SSSR count). The Hall–Kier alpha value is -1.59. The van der Waals surface area contributed by atoms with Crippen LogP contribution in [0.15, 0.2) is 36.9 Å². The van der Waals surface area contributed by atoms with Crippen molar-refractivity contribution in [2.45, 2.75) is 45.3 Å². The Morgan fingerprint density at radius 2 is 1.73 bits per heavy atom. The van der Waals surface area contributed by atoms with E-state index in [9.17, 15) is 4.79 Å². The summed E-state index contributed by atoms with van der Waals surface area (Å²) in [6.07, 6.45) is 2.06. The van der Waals surface area contributed by atoms with Gasteiger partial charge in [-0.1, -0.05) is 30.8 Å². The monoisotopic (exact) mass is 301 g/mol. The molecular weight excluding hydrogens is 277 g/mol. The summed E-state index contributed by atoms with van der Waals surface area (Å²) < 4.78 is 12.1. The van der Waals surface area contributed by atoms with Crippen LogP contribution in [0.1, 0.15) is 33.3 Å². The Balaban J connectivity index is 1.95. The number of carbonyl (C=O) groups is 1. The maximum Gasteiger partial charge on any atom is 0.494 e. The van der Waals surface area contributed by atoms with Gasteiger partial charge in [0, 0.05) is 6.54 Å². The van der Waals surface area contributed by atoms with Crippen LogP contribution in [0, 0.1) is 0 Å². The van der Waals surface area contributed by atoms with Gasteiger partial charge in [0.2, 0.25) is 5.91 Å². The fourth-order valence-corrected chi connectivity index (χ4v) is 2.22. The third kappa shape index (κ3) is 3.59. The van der Waals surface area contributed by atoms with Crippen molar-refractivity contribution >= 4 is 18.5 Å². The molecule has 0 atom stereocenters. The third-order valence-electron chi connectivity index (χ3n) is 4.40. The molecule has 0 unspecified atom stereocenters. The summed E-state index contributed by atoms with van der Waals surface area (Å²) in [7, 11) is -0.334. The van der Waals surface area contributed by atoms with Gasteiger partial charge in [0.1, 0.15) is 0 Å². The highest BCUT2D eigenvalue weighted by atomic mass is 16.7. The van der Waals surface area contributed by atoms with Gasteiger partial charge in [-0.05, 0) is 51.2 Å². The molecule has 1 aromatic carbocycles. The summed E-state index contributed by atoms with van der Waals surface area (Å²) >= 11 is 0. The van der Waals surface area contributed by atoms with E-state index in [0.717, 1.165) is 17.4 Å². The molecule has 0 saturated carbocycles.